The van der Waals surface area contributed by atoms with Crippen LogP contribution in [0.1, 0.15) is 424 Å². The van der Waals surface area contributed by atoms with E-state index in [-0.39, 0.29) is 5.41 Å². The van der Waals surface area contributed by atoms with Gasteiger partial charge in [0.05, 0.1) is 6.61 Å². The molecule has 0 heterocycles. The minimum atomic E-state index is -0.0926. The molecule has 6 fully saturated rings. The molecule has 0 aliphatic heterocycles. The Morgan fingerprint density at radius 3 is 0.633 bits per heavy atom. The summed E-state index contributed by atoms with van der Waals surface area (Å²) in [4.78, 5) is 17.7. The highest BCUT2D eigenvalue weighted by atomic mass is 16.5. The number of hydrogen-bond acceptors (Lipinski definition) is 2. The van der Waals surface area contributed by atoms with Crippen LogP contribution in [-0.4, -0.2) is 12.6 Å². The average Bonchev–Trinajstić information content (AvgIpc) is 3.54. The first kappa shape index (κ1) is 67.3. The van der Waals surface area contributed by atoms with Crippen molar-refractivity contribution in [1.29, 1.82) is 0 Å². The highest BCUT2D eigenvalue weighted by Crippen LogP contribution is 2.61. The van der Waals surface area contributed by atoms with Crippen molar-refractivity contribution in [3.8, 4) is 0 Å². The predicted molar refractivity (Wildman–Crippen MR) is 346 cm³/mol. The highest BCUT2D eigenvalue weighted by Gasteiger charge is 2.56. The molecule has 0 aromatic carbocycles. The summed E-state index contributed by atoms with van der Waals surface area (Å²) in [5.74, 6) is 3.71. The smallest absolute Gasteiger partial charge is 0.334 e. The number of esters is 1. The van der Waals surface area contributed by atoms with Gasteiger partial charge in [0.2, 0.25) is 0 Å². The summed E-state index contributed by atoms with van der Waals surface area (Å²) in [5.41, 5.74) is 3.24. The zero-order valence-electron chi connectivity index (χ0n) is 53.7. The van der Waals surface area contributed by atoms with Gasteiger partial charge in [-0.05, 0) is 113 Å². The third-order valence-corrected chi connectivity index (χ3v) is 23.0. The van der Waals surface area contributed by atoms with Crippen LogP contribution < -0.4 is 0 Å². The maximum atomic E-state index is 17.7. The molecule has 0 aromatic heterocycles. The maximum absolute atomic E-state index is 17.7. The molecule has 0 unspecified atom stereocenters. The minimum Gasteiger partial charge on any atom is -0.462 e. The fourth-order valence-electron chi connectivity index (χ4n) is 18.5. The molecule has 2 nitrogen and oxygen atoms in total. The zero-order valence-corrected chi connectivity index (χ0v) is 53.7. The van der Waals surface area contributed by atoms with E-state index >= 15 is 4.79 Å². The Morgan fingerprint density at radius 1 is 0.241 bits per heavy atom. The van der Waals surface area contributed by atoms with Gasteiger partial charge in [0, 0.05) is 11.0 Å². The summed E-state index contributed by atoms with van der Waals surface area (Å²) < 4.78 is 7.70. The first-order chi connectivity index (χ1) is 39.3. The Labute approximate surface area is 495 Å². The Kier molecular flexibility index (Phi) is 38.1. The van der Waals surface area contributed by atoms with Crippen LogP contribution in [0.2, 0.25) is 0 Å². The van der Waals surface area contributed by atoms with Gasteiger partial charge in [-0.3, -0.25) is 0 Å². The predicted octanol–water partition coefficient (Wildman–Crippen LogP) is 26.3. The van der Waals surface area contributed by atoms with E-state index in [9.17, 15) is 0 Å². The van der Waals surface area contributed by atoms with Gasteiger partial charge in [0.1, 0.15) is 0 Å². The van der Waals surface area contributed by atoms with Crippen molar-refractivity contribution >= 4 is 5.97 Å². The number of carbonyl (C=O) groups excluding carboxylic acids is 1. The molecular weight excluding hydrogens is 957 g/mol. The van der Waals surface area contributed by atoms with Crippen LogP contribution in [0.3, 0.4) is 0 Å². The fraction of sp³-hybridized carbons (Fsp3) is 0.961. The van der Waals surface area contributed by atoms with Crippen molar-refractivity contribution in [1.82, 2.24) is 0 Å². The molecule has 6 aliphatic rings. The largest absolute Gasteiger partial charge is 0.462 e. The van der Waals surface area contributed by atoms with Crippen LogP contribution in [0, 0.1) is 40.9 Å². The number of carbonyl (C=O) groups is 1. The van der Waals surface area contributed by atoms with Crippen LogP contribution in [0.5, 0.6) is 0 Å². The number of ether oxygens (including phenoxy) is 1. The maximum Gasteiger partial charge on any atom is 0.334 e. The van der Waals surface area contributed by atoms with Gasteiger partial charge in [0.15, 0.2) is 0 Å². The summed E-state index contributed by atoms with van der Waals surface area (Å²) in [5, 5.41) is 0. The van der Waals surface area contributed by atoms with Crippen molar-refractivity contribution in [2.24, 2.45) is 40.9 Å². The fourth-order valence-corrected chi connectivity index (χ4v) is 18.5. The molecule has 6 rings (SSSR count). The average molecular weight is 1100 g/mol. The van der Waals surface area contributed by atoms with Gasteiger partial charge in [-0.1, -0.05) is 352 Å². The Balaban J connectivity index is 1.68. The lowest BCUT2D eigenvalue weighted by atomic mass is 9.48. The minimum absolute atomic E-state index is 0.0926. The number of hydrogen-bond donors (Lipinski definition) is 0. The van der Waals surface area contributed by atoms with E-state index in [1.54, 1.807) is 0 Å². The lowest BCUT2D eigenvalue weighted by Gasteiger charge is -2.55. The third kappa shape index (κ3) is 26.6. The van der Waals surface area contributed by atoms with Gasteiger partial charge in [0.25, 0.3) is 0 Å². The molecule has 0 saturated heterocycles. The summed E-state index contributed by atoms with van der Waals surface area (Å²) in [6.07, 6.45) is 92.2. The van der Waals surface area contributed by atoms with E-state index in [4.69, 9.17) is 4.74 Å². The van der Waals surface area contributed by atoms with Gasteiger partial charge in [-0.2, -0.15) is 0 Å². The topological polar surface area (TPSA) is 26.3 Å². The van der Waals surface area contributed by atoms with Crippen LogP contribution in [0.4, 0.5) is 0 Å². The second kappa shape index (κ2) is 44.7. The lowest BCUT2D eigenvalue weighted by molar-refractivity contribution is -0.145. The zero-order chi connectivity index (χ0) is 54.8. The van der Waals surface area contributed by atoms with E-state index in [1.807, 2.05) is 5.57 Å². The van der Waals surface area contributed by atoms with Crippen molar-refractivity contribution in [3.05, 3.63) is 11.1 Å². The molecule has 0 bridgehead atoms. The number of allylic oxidation sites excluding steroid dienone is 1. The van der Waals surface area contributed by atoms with E-state index in [0.29, 0.717) is 48.1 Å². The van der Waals surface area contributed by atoms with Crippen LogP contribution in [-0.2, 0) is 9.53 Å². The Bertz CT molecular complexity index is 1300. The Hall–Kier alpha value is -0.790. The summed E-state index contributed by atoms with van der Waals surface area (Å²) in [6, 6.07) is 0. The van der Waals surface area contributed by atoms with E-state index in [0.717, 1.165) is 0 Å². The molecular formula is C77H140O2. The van der Waals surface area contributed by atoms with Crippen LogP contribution in [0.25, 0.3) is 0 Å². The molecule has 0 amide bonds. The number of rotatable bonds is 9. The molecule has 0 aromatic rings. The van der Waals surface area contributed by atoms with Crippen molar-refractivity contribution in [2.75, 3.05) is 6.61 Å². The van der Waals surface area contributed by atoms with Crippen molar-refractivity contribution in [2.45, 2.75) is 424 Å². The van der Waals surface area contributed by atoms with Crippen molar-refractivity contribution < 1.29 is 9.53 Å². The summed E-state index contributed by atoms with van der Waals surface area (Å²) in [7, 11) is 0. The van der Waals surface area contributed by atoms with Gasteiger partial charge >= 0.3 is 5.97 Å². The SMILES string of the molecule is O=C(OCC1CCCCCCCCCCC1)C(=C(C1CCCCCCCCCCC1)C1CCCCCCCCCCC1)C(C1CCCCCCCCCCC1)(C1CCCCCCCCCCC1)C1CCCCCCCCCCC1. The van der Waals surface area contributed by atoms with Gasteiger partial charge in [-0.25, -0.2) is 4.79 Å². The van der Waals surface area contributed by atoms with Crippen LogP contribution in [0.15, 0.2) is 11.1 Å². The van der Waals surface area contributed by atoms with Crippen molar-refractivity contribution in [3.63, 3.8) is 0 Å². The second-order valence-corrected chi connectivity index (χ2v) is 29.3. The molecule has 460 valence electrons. The highest BCUT2D eigenvalue weighted by molar-refractivity contribution is 5.91. The van der Waals surface area contributed by atoms with Gasteiger partial charge in [-0.15, -0.1) is 0 Å². The third-order valence-electron chi connectivity index (χ3n) is 23.0. The first-order valence-electron chi connectivity index (χ1n) is 38.2. The molecule has 2 heteroatoms. The Morgan fingerprint density at radius 2 is 0.418 bits per heavy atom. The second-order valence-electron chi connectivity index (χ2n) is 29.3. The summed E-state index contributed by atoms with van der Waals surface area (Å²) in [6.45, 7) is 0.695. The van der Waals surface area contributed by atoms with Gasteiger partial charge < -0.3 is 4.74 Å². The van der Waals surface area contributed by atoms with E-state index in [2.05, 4.69) is 0 Å². The monoisotopic (exact) mass is 1100 g/mol. The van der Waals surface area contributed by atoms with Crippen LogP contribution >= 0.6 is 0 Å². The van der Waals surface area contributed by atoms with E-state index < -0.39 is 0 Å². The molecule has 79 heavy (non-hydrogen) atoms. The molecule has 0 N–H and O–H groups in total. The normalized spacial score (nSPS) is 25.7. The summed E-state index contributed by atoms with van der Waals surface area (Å²) >= 11 is 0. The molecule has 0 spiro atoms. The molecule has 0 atom stereocenters. The van der Waals surface area contributed by atoms with E-state index in [1.165, 1.54) is 429 Å². The molecule has 0 radical (unpaired) electrons. The molecule has 6 aliphatic carbocycles. The lowest BCUT2D eigenvalue weighted by Crippen LogP contribution is -2.50. The standard InChI is InChI=1S/C77H140O2/c78-76(79-67-68-55-43-31-19-7-1-8-20-32-44-56-68)75(74(69-57-45-33-21-9-2-10-22-34-46-58-69)70-59-47-35-23-11-3-12-24-36-48-60-70)77(71-61-49-37-25-13-4-14-26-38-50-62-71,72-63-51-39-27-15-5-16-28-40-52-64-72)73-65-53-41-29-17-6-18-30-42-54-66-73/h68-73H,1-67H2. The molecule has 6 saturated carbocycles. The quantitative estimate of drug-likeness (QED) is 0.170. The first-order valence-corrected chi connectivity index (χ1v) is 38.2.